The van der Waals surface area contributed by atoms with Gasteiger partial charge in [-0.15, -0.1) is 0 Å². The fraction of sp³-hybridized carbons (Fsp3) is 0.562. The molecule has 108 valence electrons. The molecule has 1 fully saturated rings. The fourth-order valence-electron chi connectivity index (χ4n) is 3.37. The first-order valence-electron chi connectivity index (χ1n) is 7.43. The third kappa shape index (κ3) is 2.77. The molecule has 2 aliphatic heterocycles. The van der Waals surface area contributed by atoms with Gasteiger partial charge in [0, 0.05) is 29.5 Å². The Balaban J connectivity index is 1.72. The van der Waals surface area contributed by atoms with E-state index in [0.29, 0.717) is 11.9 Å². The Morgan fingerprint density at radius 2 is 2.30 bits per heavy atom. The van der Waals surface area contributed by atoms with Gasteiger partial charge in [0.2, 0.25) is 5.91 Å². The van der Waals surface area contributed by atoms with Gasteiger partial charge in [-0.05, 0) is 49.9 Å². The summed E-state index contributed by atoms with van der Waals surface area (Å²) in [5.41, 5.74) is 2.66. The van der Waals surface area contributed by atoms with Gasteiger partial charge in [0.25, 0.3) is 0 Å². The van der Waals surface area contributed by atoms with Crippen LogP contribution in [0.15, 0.2) is 22.7 Å². The van der Waals surface area contributed by atoms with E-state index in [9.17, 15) is 4.79 Å². The number of nitrogens with one attached hydrogen (secondary N) is 1. The van der Waals surface area contributed by atoms with Crippen molar-refractivity contribution in [2.24, 2.45) is 5.92 Å². The maximum absolute atomic E-state index is 12.7. The van der Waals surface area contributed by atoms with Crippen molar-refractivity contribution in [3.05, 3.63) is 33.8 Å². The maximum Gasteiger partial charge on any atom is 0.226 e. The topological polar surface area (TPSA) is 32.3 Å². The minimum Gasteiger partial charge on any atom is -0.338 e. The molecule has 1 N–H and O–H groups in total. The summed E-state index contributed by atoms with van der Waals surface area (Å²) in [6.07, 6.45) is 2.91. The summed E-state index contributed by atoms with van der Waals surface area (Å²) >= 11 is 3.61. The number of rotatable bonds is 1. The van der Waals surface area contributed by atoms with Gasteiger partial charge in [0.05, 0.1) is 0 Å². The normalized spacial score (nSPS) is 26.2. The van der Waals surface area contributed by atoms with Gasteiger partial charge >= 0.3 is 0 Å². The highest BCUT2D eigenvalue weighted by atomic mass is 79.9. The number of fused-ring (bicyclic) bond motifs is 1. The average molecular weight is 337 g/mol. The number of benzene rings is 1. The highest BCUT2D eigenvalue weighted by molar-refractivity contribution is 9.10. The predicted octanol–water partition coefficient (Wildman–Crippen LogP) is 2.72. The molecule has 0 aliphatic carbocycles. The SMILES string of the molecule is C[C@H]1C[C@@H](C(=O)N2CCc3c(Br)cccc3C2)CCN1. The Morgan fingerprint density at radius 3 is 3.10 bits per heavy atom. The van der Waals surface area contributed by atoms with Gasteiger partial charge in [0.1, 0.15) is 0 Å². The molecular formula is C16H21BrN2O. The highest BCUT2D eigenvalue weighted by Crippen LogP contribution is 2.28. The molecule has 0 spiro atoms. The monoisotopic (exact) mass is 336 g/mol. The Bertz CT molecular complexity index is 517. The summed E-state index contributed by atoms with van der Waals surface area (Å²) in [6, 6.07) is 6.75. The lowest BCUT2D eigenvalue weighted by atomic mass is 9.90. The lowest BCUT2D eigenvalue weighted by molar-refractivity contribution is -0.137. The molecule has 2 heterocycles. The first-order chi connectivity index (χ1) is 9.65. The summed E-state index contributed by atoms with van der Waals surface area (Å²) < 4.78 is 1.18. The van der Waals surface area contributed by atoms with Crippen LogP contribution >= 0.6 is 15.9 Å². The number of carbonyl (C=O) groups excluding carboxylic acids is 1. The van der Waals surface area contributed by atoms with E-state index < -0.39 is 0 Å². The van der Waals surface area contributed by atoms with Gasteiger partial charge in [-0.2, -0.15) is 0 Å². The highest BCUT2D eigenvalue weighted by Gasteiger charge is 2.30. The van der Waals surface area contributed by atoms with Crippen LogP contribution < -0.4 is 5.32 Å². The molecule has 20 heavy (non-hydrogen) atoms. The minimum atomic E-state index is 0.208. The third-order valence-electron chi connectivity index (χ3n) is 4.49. The largest absolute Gasteiger partial charge is 0.338 e. The molecule has 3 rings (SSSR count). The molecule has 0 radical (unpaired) electrons. The molecule has 0 saturated carbocycles. The zero-order chi connectivity index (χ0) is 14.1. The molecule has 1 aromatic rings. The van der Waals surface area contributed by atoms with Gasteiger partial charge < -0.3 is 10.2 Å². The van der Waals surface area contributed by atoms with E-state index in [1.165, 1.54) is 15.6 Å². The van der Waals surface area contributed by atoms with Crippen LogP contribution in [0.2, 0.25) is 0 Å². The Labute approximate surface area is 128 Å². The Kier molecular flexibility index (Phi) is 4.13. The standard InChI is InChI=1S/C16H21BrN2O/c1-11-9-12(5-7-18-11)16(20)19-8-6-14-13(10-19)3-2-4-15(14)17/h2-4,11-12,18H,5-10H2,1H3/t11-,12-/m0/s1. The fourth-order valence-corrected chi connectivity index (χ4v) is 3.97. The quantitative estimate of drug-likeness (QED) is 0.855. The third-order valence-corrected chi connectivity index (χ3v) is 5.24. The summed E-state index contributed by atoms with van der Waals surface area (Å²) in [5, 5.41) is 3.42. The molecule has 1 amide bonds. The number of carbonyl (C=O) groups is 1. The van der Waals surface area contributed by atoms with Gasteiger partial charge in [-0.1, -0.05) is 28.1 Å². The molecule has 4 heteroatoms. The molecule has 0 bridgehead atoms. The summed E-state index contributed by atoms with van der Waals surface area (Å²) in [5.74, 6) is 0.559. The van der Waals surface area contributed by atoms with Crippen molar-refractivity contribution in [1.29, 1.82) is 0 Å². The van der Waals surface area contributed by atoms with E-state index >= 15 is 0 Å². The van der Waals surface area contributed by atoms with Crippen molar-refractivity contribution >= 4 is 21.8 Å². The van der Waals surface area contributed by atoms with Crippen LogP contribution in [-0.2, 0) is 17.8 Å². The summed E-state index contributed by atoms with van der Waals surface area (Å²) in [6.45, 7) is 4.76. The second-order valence-electron chi connectivity index (χ2n) is 5.96. The van der Waals surface area contributed by atoms with Gasteiger partial charge in [-0.3, -0.25) is 4.79 Å². The van der Waals surface area contributed by atoms with E-state index in [-0.39, 0.29) is 5.92 Å². The minimum absolute atomic E-state index is 0.208. The molecule has 3 nitrogen and oxygen atoms in total. The summed E-state index contributed by atoms with van der Waals surface area (Å²) in [7, 11) is 0. The zero-order valence-electron chi connectivity index (χ0n) is 11.9. The van der Waals surface area contributed by atoms with E-state index in [2.05, 4.69) is 51.3 Å². The van der Waals surface area contributed by atoms with Crippen LogP contribution in [0.5, 0.6) is 0 Å². The molecule has 0 aromatic heterocycles. The molecule has 1 saturated heterocycles. The molecular weight excluding hydrogens is 316 g/mol. The number of hydrogen-bond donors (Lipinski definition) is 1. The smallest absolute Gasteiger partial charge is 0.226 e. The van der Waals surface area contributed by atoms with Gasteiger partial charge in [0.15, 0.2) is 0 Å². The van der Waals surface area contributed by atoms with Crippen molar-refractivity contribution in [1.82, 2.24) is 10.2 Å². The van der Waals surface area contributed by atoms with E-state index in [1.807, 2.05) is 0 Å². The Hall–Kier alpha value is -0.870. The van der Waals surface area contributed by atoms with Crippen molar-refractivity contribution in [2.45, 2.75) is 38.8 Å². The first kappa shape index (κ1) is 14.1. The Morgan fingerprint density at radius 1 is 1.45 bits per heavy atom. The molecule has 2 aliphatic rings. The van der Waals surface area contributed by atoms with Crippen LogP contribution in [-0.4, -0.2) is 29.9 Å². The van der Waals surface area contributed by atoms with Crippen molar-refractivity contribution in [3.8, 4) is 0 Å². The van der Waals surface area contributed by atoms with E-state index in [0.717, 1.165) is 38.9 Å². The van der Waals surface area contributed by atoms with Gasteiger partial charge in [-0.25, -0.2) is 0 Å². The second-order valence-corrected chi connectivity index (χ2v) is 6.82. The van der Waals surface area contributed by atoms with E-state index in [1.54, 1.807) is 0 Å². The van der Waals surface area contributed by atoms with Crippen LogP contribution in [0.1, 0.15) is 30.9 Å². The predicted molar refractivity (Wildman–Crippen MR) is 83.5 cm³/mol. The maximum atomic E-state index is 12.7. The number of piperidine rings is 1. The number of halogens is 1. The number of hydrogen-bond acceptors (Lipinski definition) is 2. The lowest BCUT2D eigenvalue weighted by Gasteiger charge is -2.35. The van der Waals surface area contributed by atoms with Crippen molar-refractivity contribution < 1.29 is 4.79 Å². The number of nitrogens with zero attached hydrogens (tertiary/aromatic N) is 1. The number of amides is 1. The molecule has 1 aromatic carbocycles. The van der Waals surface area contributed by atoms with Crippen LogP contribution in [0.25, 0.3) is 0 Å². The summed E-state index contributed by atoms with van der Waals surface area (Å²) in [4.78, 5) is 14.7. The molecule has 0 unspecified atom stereocenters. The molecule has 2 atom stereocenters. The lowest BCUT2D eigenvalue weighted by Crippen LogP contribution is -2.45. The van der Waals surface area contributed by atoms with E-state index in [4.69, 9.17) is 0 Å². The second kappa shape index (κ2) is 5.86. The van der Waals surface area contributed by atoms with Crippen LogP contribution in [0.3, 0.4) is 0 Å². The van der Waals surface area contributed by atoms with Crippen LogP contribution in [0.4, 0.5) is 0 Å². The average Bonchev–Trinajstić information content (AvgIpc) is 2.46. The zero-order valence-corrected chi connectivity index (χ0v) is 13.4. The van der Waals surface area contributed by atoms with Crippen LogP contribution in [0, 0.1) is 5.92 Å². The van der Waals surface area contributed by atoms with Crippen molar-refractivity contribution in [3.63, 3.8) is 0 Å². The first-order valence-corrected chi connectivity index (χ1v) is 8.23. The van der Waals surface area contributed by atoms with Crippen molar-refractivity contribution in [2.75, 3.05) is 13.1 Å².